The smallest absolute Gasteiger partial charge is 0.462 e. The minimum Gasteiger partial charge on any atom is -0.462 e. The second-order valence-electron chi connectivity index (χ2n) is 8.92. The molecule has 0 heterocycles. The van der Waals surface area contributed by atoms with E-state index in [0.29, 0.717) is 24.4 Å². The summed E-state index contributed by atoms with van der Waals surface area (Å²) in [5.41, 5.74) is 0.843. The predicted molar refractivity (Wildman–Crippen MR) is 138 cm³/mol. The van der Waals surface area contributed by atoms with Crippen LogP contribution in [0.5, 0.6) is 0 Å². The summed E-state index contributed by atoms with van der Waals surface area (Å²) >= 11 is 0. The monoisotopic (exact) mass is 518 g/mol. The number of carbonyl (C=O) groups excluding carboxylic acids is 2. The molecule has 1 N–H and O–H groups in total. The van der Waals surface area contributed by atoms with Crippen LogP contribution in [0.4, 0.5) is 0 Å². The van der Waals surface area contributed by atoms with Gasteiger partial charge in [-0.25, -0.2) is 14.2 Å². The van der Waals surface area contributed by atoms with Crippen LogP contribution in [0.3, 0.4) is 0 Å². The highest BCUT2D eigenvalue weighted by molar-refractivity contribution is 7.47. The summed E-state index contributed by atoms with van der Waals surface area (Å²) in [6.07, 6.45) is 13.4. The quantitative estimate of drug-likeness (QED) is 0.0642. The van der Waals surface area contributed by atoms with Gasteiger partial charge in [-0.15, -0.1) is 0 Å². The van der Waals surface area contributed by atoms with Gasteiger partial charge in [-0.3, -0.25) is 9.05 Å². The summed E-state index contributed by atoms with van der Waals surface area (Å²) in [6.45, 7) is 11.6. The number of unbranched alkanes of at least 4 members (excludes halogenated alkanes) is 12. The standard InChI is InChI=1S/C26H47O8P/c1-23(2)25(27)31-19-15-11-7-5-9-13-17-21-33-35(29,30)34-22-18-14-10-6-8-12-16-20-32-26(28)24(3)4/h1,3,5-22H2,2,4H3,(H,29,30). The van der Waals surface area contributed by atoms with Crippen molar-refractivity contribution in [2.45, 2.75) is 104 Å². The van der Waals surface area contributed by atoms with Gasteiger partial charge in [0.05, 0.1) is 26.4 Å². The van der Waals surface area contributed by atoms with Crippen molar-refractivity contribution in [3.05, 3.63) is 24.3 Å². The number of hydrogen-bond donors (Lipinski definition) is 1. The molecule has 0 bridgehead atoms. The van der Waals surface area contributed by atoms with Crippen LogP contribution in [0.1, 0.15) is 104 Å². The van der Waals surface area contributed by atoms with Gasteiger partial charge in [0.15, 0.2) is 0 Å². The summed E-state index contributed by atoms with van der Waals surface area (Å²) in [5, 5.41) is 0. The fourth-order valence-corrected chi connectivity index (χ4v) is 3.94. The molecule has 0 radical (unpaired) electrons. The van der Waals surface area contributed by atoms with Crippen molar-refractivity contribution in [3.63, 3.8) is 0 Å². The highest BCUT2D eigenvalue weighted by Gasteiger charge is 2.19. The first-order valence-electron chi connectivity index (χ1n) is 12.9. The Kier molecular flexibility index (Phi) is 20.9. The van der Waals surface area contributed by atoms with E-state index in [1.54, 1.807) is 13.8 Å². The topological polar surface area (TPSA) is 108 Å². The molecule has 0 atom stereocenters. The van der Waals surface area contributed by atoms with Crippen molar-refractivity contribution in [2.75, 3.05) is 26.4 Å². The molecule has 0 aliphatic rings. The second kappa shape index (κ2) is 21.8. The van der Waals surface area contributed by atoms with Crippen LogP contribution in [0, 0.1) is 0 Å². The van der Waals surface area contributed by atoms with Crippen LogP contribution in [0.15, 0.2) is 24.3 Å². The van der Waals surface area contributed by atoms with Gasteiger partial charge < -0.3 is 14.4 Å². The molecule has 0 unspecified atom stereocenters. The van der Waals surface area contributed by atoms with E-state index in [4.69, 9.17) is 18.5 Å². The number of esters is 2. The zero-order valence-corrected chi connectivity index (χ0v) is 22.8. The fourth-order valence-electron chi connectivity index (χ4n) is 3.15. The molecule has 0 fully saturated rings. The first-order chi connectivity index (χ1) is 16.7. The Labute approximate surface area is 212 Å². The highest BCUT2D eigenvalue weighted by atomic mass is 31.2. The maximum absolute atomic E-state index is 11.9. The maximum Gasteiger partial charge on any atom is 0.472 e. The molecule has 0 aliphatic carbocycles. The number of hydrogen-bond acceptors (Lipinski definition) is 7. The van der Waals surface area contributed by atoms with Gasteiger partial charge in [-0.05, 0) is 39.5 Å². The van der Waals surface area contributed by atoms with E-state index < -0.39 is 7.82 Å². The van der Waals surface area contributed by atoms with E-state index in [9.17, 15) is 19.0 Å². The average molecular weight is 519 g/mol. The molecule has 0 rings (SSSR count). The predicted octanol–water partition coefficient (Wildman–Crippen LogP) is 6.82. The Morgan fingerprint density at radius 1 is 0.571 bits per heavy atom. The molecule has 0 amide bonds. The minimum absolute atomic E-state index is 0.215. The number of ether oxygens (including phenoxy) is 2. The molecule has 8 nitrogen and oxygen atoms in total. The average Bonchev–Trinajstić information content (AvgIpc) is 2.80. The first kappa shape index (κ1) is 33.5. The summed E-state index contributed by atoms with van der Waals surface area (Å²) < 4.78 is 32.1. The number of phosphoric ester groups is 1. The Morgan fingerprint density at radius 2 is 0.829 bits per heavy atom. The van der Waals surface area contributed by atoms with Gasteiger partial charge in [-0.2, -0.15) is 0 Å². The number of rotatable bonds is 24. The van der Waals surface area contributed by atoms with E-state index >= 15 is 0 Å². The van der Waals surface area contributed by atoms with Crippen molar-refractivity contribution in [2.24, 2.45) is 0 Å². The normalized spacial score (nSPS) is 11.3. The molecular weight excluding hydrogens is 471 g/mol. The molecular formula is C26H47O8P. The lowest BCUT2D eigenvalue weighted by molar-refractivity contribution is -0.139. The fraction of sp³-hybridized carbons (Fsp3) is 0.769. The van der Waals surface area contributed by atoms with Gasteiger partial charge in [0.2, 0.25) is 0 Å². The lowest BCUT2D eigenvalue weighted by Crippen LogP contribution is -2.06. The molecule has 9 heteroatoms. The van der Waals surface area contributed by atoms with E-state index in [1.807, 2.05) is 0 Å². The lowest BCUT2D eigenvalue weighted by Gasteiger charge is -2.12. The van der Waals surface area contributed by atoms with E-state index in [0.717, 1.165) is 89.9 Å². The minimum atomic E-state index is -3.97. The van der Waals surface area contributed by atoms with E-state index in [2.05, 4.69) is 13.2 Å². The van der Waals surface area contributed by atoms with Crippen molar-refractivity contribution in [3.8, 4) is 0 Å². The molecule has 0 saturated heterocycles. The molecule has 0 saturated carbocycles. The van der Waals surface area contributed by atoms with Gasteiger partial charge >= 0.3 is 19.8 Å². The van der Waals surface area contributed by atoms with Crippen molar-refractivity contribution in [1.29, 1.82) is 0 Å². The summed E-state index contributed by atoms with van der Waals surface area (Å²) in [6, 6.07) is 0. The largest absolute Gasteiger partial charge is 0.472 e. The second-order valence-corrected chi connectivity index (χ2v) is 10.4. The first-order valence-corrected chi connectivity index (χ1v) is 14.4. The third-order valence-corrected chi connectivity index (χ3v) is 6.27. The number of phosphoric acid groups is 1. The maximum atomic E-state index is 11.9. The van der Waals surface area contributed by atoms with E-state index in [-0.39, 0.29) is 25.2 Å². The van der Waals surface area contributed by atoms with Crippen LogP contribution >= 0.6 is 7.82 Å². The van der Waals surface area contributed by atoms with E-state index in [1.165, 1.54) is 0 Å². The Morgan fingerprint density at radius 3 is 1.11 bits per heavy atom. The SMILES string of the molecule is C=C(C)C(=O)OCCCCCCCCCOP(=O)(O)OCCCCCCCCCOC(=O)C(=C)C. The molecule has 0 spiro atoms. The Bertz CT molecular complexity index is 610. The zero-order chi connectivity index (χ0) is 26.4. The van der Waals surface area contributed by atoms with Crippen LogP contribution in [0.2, 0.25) is 0 Å². The number of carbonyl (C=O) groups is 2. The van der Waals surface area contributed by atoms with Gasteiger partial charge in [0.25, 0.3) is 0 Å². The summed E-state index contributed by atoms with van der Waals surface area (Å²) in [7, 11) is -3.97. The molecule has 35 heavy (non-hydrogen) atoms. The van der Waals surface area contributed by atoms with Crippen LogP contribution in [-0.2, 0) is 32.7 Å². The third-order valence-electron chi connectivity index (χ3n) is 5.25. The molecule has 0 aromatic carbocycles. The van der Waals surface area contributed by atoms with Crippen LogP contribution in [-0.4, -0.2) is 43.3 Å². The van der Waals surface area contributed by atoms with Gasteiger partial charge in [0.1, 0.15) is 0 Å². The van der Waals surface area contributed by atoms with Gasteiger partial charge in [-0.1, -0.05) is 77.4 Å². The molecule has 0 aromatic rings. The third kappa shape index (κ3) is 22.7. The van der Waals surface area contributed by atoms with Crippen LogP contribution in [0.25, 0.3) is 0 Å². The summed E-state index contributed by atoms with van der Waals surface area (Å²) in [4.78, 5) is 32.2. The van der Waals surface area contributed by atoms with Crippen molar-refractivity contribution < 1.29 is 37.6 Å². The molecule has 0 aliphatic heterocycles. The molecule has 0 aromatic heterocycles. The van der Waals surface area contributed by atoms with Crippen LogP contribution < -0.4 is 0 Å². The molecule has 204 valence electrons. The summed E-state index contributed by atoms with van der Waals surface area (Å²) in [5.74, 6) is -0.668. The zero-order valence-electron chi connectivity index (χ0n) is 21.9. The Balaban J connectivity index is 3.42. The van der Waals surface area contributed by atoms with Crippen molar-refractivity contribution >= 4 is 19.8 Å². The van der Waals surface area contributed by atoms with Gasteiger partial charge in [0, 0.05) is 11.1 Å². The Hall–Kier alpha value is -1.47. The highest BCUT2D eigenvalue weighted by Crippen LogP contribution is 2.43. The lowest BCUT2D eigenvalue weighted by atomic mass is 10.1. The van der Waals surface area contributed by atoms with Crippen molar-refractivity contribution in [1.82, 2.24) is 0 Å².